The zero-order chi connectivity index (χ0) is 43.0. The van der Waals surface area contributed by atoms with E-state index >= 15 is 0 Å². The molecule has 2 fully saturated rings. The molecule has 2 bridgehead atoms. The number of phosphoric acid groups is 1. The number of hydrogen-bond acceptors (Lipinski definition) is 10. The number of likely N-dealkylation sites (N-methyl/N-ethyl adjacent to an activating group) is 1. The molecule has 1 saturated carbocycles. The molecule has 0 aromatic heterocycles. The first-order valence-electron chi connectivity index (χ1n) is 22.9. The van der Waals surface area contributed by atoms with Crippen LogP contribution in [0.25, 0.3) is 0 Å². The highest BCUT2D eigenvalue weighted by Gasteiger charge is 2.49. The van der Waals surface area contributed by atoms with Crippen molar-refractivity contribution in [3.05, 3.63) is 48.6 Å². The molecule has 2 N–H and O–H groups in total. The highest BCUT2D eigenvalue weighted by molar-refractivity contribution is 7.47. The lowest BCUT2D eigenvalue weighted by Crippen LogP contribution is -2.37. The summed E-state index contributed by atoms with van der Waals surface area (Å²) in [6.45, 7) is 5.18. The summed E-state index contributed by atoms with van der Waals surface area (Å²) in [7, 11) is 1.55. The van der Waals surface area contributed by atoms with Crippen LogP contribution in [0.15, 0.2) is 48.6 Å². The molecule has 7 atom stereocenters. The van der Waals surface area contributed by atoms with Crippen molar-refractivity contribution < 1.29 is 57.2 Å². The molecule has 0 spiro atoms. The number of phosphoric ester groups is 1. The summed E-state index contributed by atoms with van der Waals surface area (Å²) in [6.07, 6.45) is 37.5. The van der Waals surface area contributed by atoms with Gasteiger partial charge in [0.1, 0.15) is 31.5 Å². The second kappa shape index (κ2) is 32.9. The van der Waals surface area contributed by atoms with Crippen molar-refractivity contribution in [2.75, 3.05) is 54.1 Å². The zero-order valence-corrected chi connectivity index (χ0v) is 38.3. The Labute approximate surface area is 357 Å². The maximum Gasteiger partial charge on any atom is 0.472 e. The predicted octanol–water partition coefficient (Wildman–Crippen LogP) is 11.0. The highest BCUT2D eigenvalue weighted by atomic mass is 31.2. The van der Waals surface area contributed by atoms with Crippen LogP contribution in [0.5, 0.6) is 0 Å². The number of nitrogens with zero attached hydrogens (tertiary/aromatic N) is 1. The van der Waals surface area contributed by atoms with Crippen LogP contribution in [-0.2, 0) is 42.5 Å². The maximum atomic E-state index is 12.9. The number of unbranched alkanes of at least 4 members (excludes halogenated alkanes) is 13. The van der Waals surface area contributed by atoms with Gasteiger partial charge in [0.25, 0.3) is 0 Å². The Bertz CT molecular complexity index is 1240. The minimum Gasteiger partial charge on any atom is -0.457 e. The summed E-state index contributed by atoms with van der Waals surface area (Å²) in [4.78, 5) is 38.8. The van der Waals surface area contributed by atoms with E-state index in [1.807, 2.05) is 39.4 Å². The van der Waals surface area contributed by atoms with Crippen LogP contribution in [0.4, 0.5) is 0 Å². The van der Waals surface area contributed by atoms with Crippen LogP contribution in [0.2, 0.25) is 0 Å². The van der Waals surface area contributed by atoms with E-state index in [1.165, 1.54) is 64.2 Å². The van der Waals surface area contributed by atoms with E-state index in [0.717, 1.165) is 44.9 Å². The lowest BCUT2D eigenvalue weighted by atomic mass is 9.89. The fraction of sp³-hybridized carbons (Fsp3) is 0.804. The third kappa shape index (κ3) is 27.1. The summed E-state index contributed by atoms with van der Waals surface area (Å²) < 4.78 is 35.1. The standard InChI is InChI=1S/C46H82NO11P/c1-6-8-10-11-12-13-14-15-16-17-18-19-20-21-24-28-35-52-38-41(39-54-59(50,51)53-36-34-47(3,4)5)55-46(48)31-27-23-22-26-30-42-43(45-37-44(42)57-58-45)33-32-40(56-49)29-25-9-7-2/h9,15-16,22,25-26,32-33,40-45H,6-8,10-14,17-21,23-24,27-31,34-39H2,1-5H3,(H-,49,50,51)/p+1/b16-15-,25-9-,26-22-,33-32+. The molecule has 342 valence electrons. The molecule has 0 aromatic rings. The van der Waals surface area contributed by atoms with Crippen molar-refractivity contribution in [1.82, 2.24) is 0 Å². The third-order valence-corrected chi connectivity index (χ3v) is 11.8. The molecule has 13 heteroatoms. The first kappa shape index (κ1) is 53.4. The number of rotatable bonds is 38. The predicted molar refractivity (Wildman–Crippen MR) is 234 cm³/mol. The van der Waals surface area contributed by atoms with E-state index in [1.54, 1.807) is 0 Å². The number of esters is 1. The molecule has 1 heterocycles. The van der Waals surface area contributed by atoms with Gasteiger partial charge in [-0.15, -0.1) is 0 Å². The monoisotopic (exact) mass is 857 g/mol. The summed E-state index contributed by atoms with van der Waals surface area (Å²) in [5.41, 5.74) is 0. The van der Waals surface area contributed by atoms with Crippen molar-refractivity contribution in [3.63, 3.8) is 0 Å². The number of allylic oxidation sites excluding steroid dienone is 5. The molecular weight excluding hydrogens is 773 g/mol. The van der Waals surface area contributed by atoms with Gasteiger partial charge in [-0.25, -0.2) is 19.2 Å². The Balaban J connectivity index is 1.71. The number of quaternary nitrogens is 1. The summed E-state index contributed by atoms with van der Waals surface area (Å²) >= 11 is 0. The molecule has 1 saturated heterocycles. The van der Waals surface area contributed by atoms with Gasteiger partial charge < -0.3 is 18.9 Å². The summed E-state index contributed by atoms with van der Waals surface area (Å²) in [6, 6.07) is 0. The van der Waals surface area contributed by atoms with Crippen LogP contribution in [0.3, 0.4) is 0 Å². The minimum absolute atomic E-state index is 0.0168. The van der Waals surface area contributed by atoms with E-state index in [2.05, 4.69) is 49.1 Å². The van der Waals surface area contributed by atoms with Gasteiger partial charge in [-0.2, -0.15) is 0 Å². The van der Waals surface area contributed by atoms with Crippen LogP contribution < -0.4 is 0 Å². The molecule has 59 heavy (non-hydrogen) atoms. The average molecular weight is 857 g/mol. The van der Waals surface area contributed by atoms with Gasteiger partial charge in [0.05, 0.1) is 40.5 Å². The molecule has 12 nitrogen and oxygen atoms in total. The molecule has 2 rings (SSSR count). The van der Waals surface area contributed by atoms with E-state index in [9.17, 15) is 19.5 Å². The maximum absolute atomic E-state index is 12.9. The number of fused-ring (bicyclic) bond motifs is 2. The van der Waals surface area contributed by atoms with Crippen molar-refractivity contribution in [2.45, 2.75) is 173 Å². The minimum atomic E-state index is -4.33. The van der Waals surface area contributed by atoms with Crippen LogP contribution in [0.1, 0.15) is 149 Å². The largest absolute Gasteiger partial charge is 0.472 e. The topological polar surface area (TPSA) is 139 Å². The molecule has 7 unspecified atom stereocenters. The fourth-order valence-electron chi connectivity index (χ4n) is 7.23. The second-order valence-corrected chi connectivity index (χ2v) is 18.7. The van der Waals surface area contributed by atoms with E-state index in [0.29, 0.717) is 36.9 Å². The Hall–Kier alpha value is -1.70. The van der Waals surface area contributed by atoms with E-state index in [-0.39, 0.29) is 50.3 Å². The Morgan fingerprint density at radius 3 is 2.10 bits per heavy atom. The number of carbonyl (C=O) groups is 1. The Morgan fingerprint density at radius 1 is 0.780 bits per heavy atom. The average Bonchev–Trinajstić information content (AvgIpc) is 3.81. The lowest BCUT2D eigenvalue weighted by Gasteiger charge is -2.27. The normalized spacial score (nSPS) is 21.7. The van der Waals surface area contributed by atoms with E-state index in [4.69, 9.17) is 28.3 Å². The summed E-state index contributed by atoms with van der Waals surface area (Å²) in [5.74, 6) is -0.0139. The first-order valence-corrected chi connectivity index (χ1v) is 24.4. The molecule has 1 aliphatic carbocycles. The van der Waals surface area contributed by atoms with Crippen LogP contribution >= 0.6 is 7.82 Å². The molecule has 0 amide bonds. The highest BCUT2D eigenvalue weighted by Crippen LogP contribution is 2.45. The molecule has 1 aliphatic heterocycles. The quantitative estimate of drug-likeness (QED) is 0.0117. The second-order valence-electron chi connectivity index (χ2n) is 17.2. The van der Waals surface area contributed by atoms with E-state index < -0.39 is 26.0 Å². The molecule has 0 aromatic carbocycles. The van der Waals surface area contributed by atoms with Gasteiger partial charge in [-0.05, 0) is 64.2 Å². The van der Waals surface area contributed by atoms with Crippen molar-refractivity contribution in [3.8, 4) is 0 Å². The molecule has 0 radical (unpaired) electrons. The summed E-state index contributed by atoms with van der Waals surface area (Å²) in [5, 5.41) is 9.33. The van der Waals surface area contributed by atoms with Crippen LogP contribution in [-0.4, -0.2) is 99.1 Å². The molecule has 2 aliphatic rings. The van der Waals surface area contributed by atoms with Crippen molar-refractivity contribution in [2.24, 2.45) is 11.8 Å². The van der Waals surface area contributed by atoms with Gasteiger partial charge in [-0.3, -0.25) is 19.1 Å². The molecular formula is C46H83NO11P+. The lowest BCUT2D eigenvalue weighted by molar-refractivity contribution is -0.870. The van der Waals surface area contributed by atoms with Gasteiger partial charge in [-0.1, -0.05) is 120 Å². The Morgan fingerprint density at radius 2 is 1.42 bits per heavy atom. The fourth-order valence-corrected chi connectivity index (χ4v) is 7.97. The van der Waals surface area contributed by atoms with Crippen molar-refractivity contribution in [1.29, 1.82) is 0 Å². The first-order chi connectivity index (χ1) is 28.5. The zero-order valence-electron chi connectivity index (χ0n) is 37.4. The smallest absolute Gasteiger partial charge is 0.457 e. The third-order valence-electron chi connectivity index (χ3n) is 10.8. The van der Waals surface area contributed by atoms with Gasteiger partial charge in [0, 0.05) is 31.3 Å². The van der Waals surface area contributed by atoms with Gasteiger partial charge in [0.2, 0.25) is 0 Å². The van der Waals surface area contributed by atoms with Crippen LogP contribution in [0, 0.1) is 11.8 Å². The van der Waals surface area contributed by atoms with Gasteiger partial charge in [0.15, 0.2) is 0 Å². The van der Waals surface area contributed by atoms with Crippen molar-refractivity contribution >= 4 is 13.8 Å². The number of ether oxygens (including phenoxy) is 2. The number of carbonyl (C=O) groups excluding carboxylic acids is 1. The SMILES string of the molecule is CC/C=C\CC(/C=C/C1C2CC(OO2)C1C/C=C\CCCC(=O)OC(COCCCCCCCC/C=C\CCCCCCCC)COP(=O)(O)OCC[N+](C)(C)C)OO. The number of hydrogen-bond donors (Lipinski definition) is 2. The Kier molecular flexibility index (Phi) is 29.8. The van der Waals surface area contributed by atoms with Gasteiger partial charge >= 0.3 is 13.8 Å².